The number of carboxylic acid groups (broad SMARTS) is 1. The molecule has 0 aliphatic heterocycles. The number of likely N-dealkylation sites (N-methyl/N-ethyl adjacent to an activating group) is 1. The van der Waals surface area contributed by atoms with Crippen LogP contribution in [0.5, 0.6) is 11.5 Å². The molecule has 1 N–H and O–H groups in total. The van der Waals surface area contributed by atoms with E-state index in [0.29, 0.717) is 19.4 Å². The predicted octanol–water partition coefficient (Wildman–Crippen LogP) is 3.98. The number of methoxy groups -OCH3 is 1. The largest absolute Gasteiger partial charge is 0.497 e. The van der Waals surface area contributed by atoms with Gasteiger partial charge in [-0.3, -0.25) is 9.59 Å². The van der Waals surface area contributed by atoms with Crippen molar-refractivity contribution in [2.75, 3.05) is 34.4 Å². The number of carbonyl (C=O) groups is 2. The van der Waals surface area contributed by atoms with Gasteiger partial charge in [-0.05, 0) is 69.1 Å². The fourth-order valence-electron chi connectivity index (χ4n) is 3.43. The number of benzene rings is 2. The molecule has 0 aromatic heterocycles. The van der Waals surface area contributed by atoms with Gasteiger partial charge in [-0.15, -0.1) is 0 Å². The van der Waals surface area contributed by atoms with Gasteiger partial charge in [0.2, 0.25) is 0 Å². The van der Waals surface area contributed by atoms with Gasteiger partial charge in [0.05, 0.1) is 7.11 Å². The number of rotatable bonds is 15. The first kappa shape index (κ1) is 26.2. The van der Waals surface area contributed by atoms with Gasteiger partial charge < -0.3 is 24.2 Å². The molecule has 0 heterocycles. The van der Waals surface area contributed by atoms with Crippen LogP contribution in [0.4, 0.5) is 0 Å². The van der Waals surface area contributed by atoms with Crippen LogP contribution in [0.2, 0.25) is 0 Å². The molecule has 0 unspecified atom stereocenters. The Morgan fingerprint density at radius 2 is 1.67 bits per heavy atom. The Balaban J connectivity index is 1.90. The molecule has 7 heteroatoms. The summed E-state index contributed by atoms with van der Waals surface area (Å²) in [5.41, 5.74) is 2.31. The lowest BCUT2D eigenvalue weighted by Crippen LogP contribution is -2.35. The molecule has 180 valence electrons. The number of aliphatic carboxylic acids is 1. The van der Waals surface area contributed by atoms with Crippen LogP contribution < -0.4 is 9.47 Å². The molecule has 0 saturated heterocycles. The molecule has 0 aliphatic rings. The summed E-state index contributed by atoms with van der Waals surface area (Å²) >= 11 is 0. The van der Waals surface area contributed by atoms with Crippen molar-refractivity contribution in [3.63, 3.8) is 0 Å². The third kappa shape index (κ3) is 10.4. The van der Waals surface area contributed by atoms with Crippen molar-refractivity contribution < 1.29 is 28.9 Å². The summed E-state index contributed by atoms with van der Waals surface area (Å²) in [6.45, 7) is 0.785. The maximum absolute atomic E-state index is 12.2. The average molecular weight is 458 g/mol. The Hall–Kier alpha value is -3.06. The monoisotopic (exact) mass is 457 g/mol. The number of ether oxygens (including phenoxy) is 3. The number of para-hydroxylation sites is 1. The summed E-state index contributed by atoms with van der Waals surface area (Å²) < 4.78 is 16.9. The first-order valence-electron chi connectivity index (χ1n) is 11.3. The Labute approximate surface area is 196 Å². The number of hydrogen-bond acceptors (Lipinski definition) is 6. The Morgan fingerprint density at radius 3 is 2.33 bits per heavy atom. The van der Waals surface area contributed by atoms with Crippen molar-refractivity contribution in [3.8, 4) is 11.5 Å². The van der Waals surface area contributed by atoms with E-state index in [-0.39, 0.29) is 25.4 Å². The first-order valence-corrected chi connectivity index (χ1v) is 11.3. The molecular weight excluding hydrogens is 422 g/mol. The summed E-state index contributed by atoms with van der Waals surface area (Å²) in [7, 11) is 5.48. The summed E-state index contributed by atoms with van der Waals surface area (Å²) in [6.07, 6.45) is 2.50. The molecule has 2 aromatic rings. The zero-order chi connectivity index (χ0) is 24.1. The van der Waals surface area contributed by atoms with Crippen molar-refractivity contribution in [2.45, 2.75) is 44.6 Å². The summed E-state index contributed by atoms with van der Waals surface area (Å²) in [6, 6.07) is 15.9. The second kappa shape index (κ2) is 14.2. The van der Waals surface area contributed by atoms with E-state index in [9.17, 15) is 9.59 Å². The second-order valence-electron chi connectivity index (χ2n) is 8.24. The Bertz CT molecular complexity index is 865. The third-order valence-corrected chi connectivity index (χ3v) is 5.13. The average Bonchev–Trinajstić information content (AvgIpc) is 2.79. The molecule has 33 heavy (non-hydrogen) atoms. The highest BCUT2D eigenvalue weighted by molar-refractivity contribution is 5.70. The Kier molecular flexibility index (Phi) is 11.2. The number of carbonyl (C=O) groups excluding carboxylic acids is 1. The van der Waals surface area contributed by atoms with Crippen LogP contribution in [0, 0.1) is 0 Å². The van der Waals surface area contributed by atoms with Gasteiger partial charge >= 0.3 is 11.9 Å². The van der Waals surface area contributed by atoms with E-state index in [2.05, 4.69) is 12.1 Å². The van der Waals surface area contributed by atoms with Gasteiger partial charge in [-0.25, -0.2) is 0 Å². The highest BCUT2D eigenvalue weighted by Gasteiger charge is 2.17. The molecular formula is C26H35NO6. The third-order valence-electron chi connectivity index (χ3n) is 5.13. The van der Waals surface area contributed by atoms with Gasteiger partial charge in [0.1, 0.15) is 24.2 Å². The number of carboxylic acids is 1. The van der Waals surface area contributed by atoms with E-state index in [4.69, 9.17) is 19.3 Å². The van der Waals surface area contributed by atoms with E-state index in [1.807, 2.05) is 55.4 Å². The lowest BCUT2D eigenvalue weighted by molar-refractivity contribution is -0.151. The van der Waals surface area contributed by atoms with E-state index >= 15 is 0 Å². The lowest BCUT2D eigenvalue weighted by Gasteiger charge is -2.22. The van der Waals surface area contributed by atoms with Gasteiger partial charge in [-0.1, -0.05) is 30.3 Å². The summed E-state index contributed by atoms with van der Waals surface area (Å²) in [5, 5.41) is 8.70. The molecule has 0 fully saturated rings. The summed E-state index contributed by atoms with van der Waals surface area (Å²) in [5.74, 6) is 0.440. The van der Waals surface area contributed by atoms with E-state index in [1.54, 1.807) is 7.11 Å². The molecule has 0 spiro atoms. The zero-order valence-electron chi connectivity index (χ0n) is 19.8. The molecule has 2 aromatic carbocycles. The molecule has 0 amide bonds. The van der Waals surface area contributed by atoms with Crippen molar-refractivity contribution in [2.24, 2.45) is 0 Å². The highest BCUT2D eigenvalue weighted by atomic mass is 16.6. The van der Waals surface area contributed by atoms with Gasteiger partial charge in [0.15, 0.2) is 0 Å². The molecule has 1 atom stereocenters. The standard InChI is InChI=1S/C26H35NO6/c1-27(2)18-23(33-26(30)11-7-6-10-25(28)29)19-32-24-9-5-4-8-21(24)15-12-20-13-16-22(31-3)17-14-20/h4-5,8-9,13-14,16-17,23H,6-7,10-12,15,18-19H2,1-3H3,(H,28,29)/t23-/m1/s1. The van der Waals surface area contributed by atoms with Crippen LogP contribution in [-0.4, -0.2) is 62.4 Å². The second-order valence-corrected chi connectivity index (χ2v) is 8.24. The fraction of sp³-hybridized carbons (Fsp3) is 0.462. The van der Waals surface area contributed by atoms with E-state index in [0.717, 1.165) is 29.9 Å². The summed E-state index contributed by atoms with van der Waals surface area (Å²) in [4.78, 5) is 24.8. The normalized spacial score (nSPS) is 11.8. The smallest absolute Gasteiger partial charge is 0.306 e. The predicted molar refractivity (Wildman–Crippen MR) is 127 cm³/mol. The van der Waals surface area contributed by atoms with Crippen LogP contribution in [0.15, 0.2) is 48.5 Å². The number of nitrogens with zero attached hydrogens (tertiary/aromatic N) is 1. The van der Waals surface area contributed by atoms with Crippen molar-refractivity contribution in [1.29, 1.82) is 0 Å². The Morgan fingerprint density at radius 1 is 0.970 bits per heavy atom. The number of unbranched alkanes of at least 4 members (excludes halogenated alkanes) is 1. The van der Waals surface area contributed by atoms with Gasteiger partial charge in [0.25, 0.3) is 0 Å². The number of aryl methyl sites for hydroxylation is 2. The molecule has 0 radical (unpaired) electrons. The van der Waals surface area contributed by atoms with Crippen LogP contribution in [0.3, 0.4) is 0 Å². The quantitative estimate of drug-likeness (QED) is 0.320. The van der Waals surface area contributed by atoms with Crippen LogP contribution in [0.1, 0.15) is 36.8 Å². The molecule has 0 saturated carbocycles. The SMILES string of the molecule is COc1ccc(CCc2ccccc2OC[C@@H](CN(C)C)OC(=O)CCCCC(=O)O)cc1. The van der Waals surface area contributed by atoms with Crippen molar-refractivity contribution in [1.82, 2.24) is 4.90 Å². The van der Waals surface area contributed by atoms with Crippen LogP contribution >= 0.6 is 0 Å². The highest BCUT2D eigenvalue weighted by Crippen LogP contribution is 2.21. The first-order chi connectivity index (χ1) is 15.9. The van der Waals surface area contributed by atoms with E-state index in [1.165, 1.54) is 5.56 Å². The van der Waals surface area contributed by atoms with Gasteiger partial charge in [0, 0.05) is 19.4 Å². The topological polar surface area (TPSA) is 85.3 Å². The number of esters is 1. The van der Waals surface area contributed by atoms with Crippen molar-refractivity contribution >= 4 is 11.9 Å². The number of hydrogen-bond donors (Lipinski definition) is 1. The molecule has 0 aliphatic carbocycles. The maximum Gasteiger partial charge on any atom is 0.306 e. The molecule has 2 rings (SSSR count). The molecule has 7 nitrogen and oxygen atoms in total. The van der Waals surface area contributed by atoms with Crippen LogP contribution in [-0.2, 0) is 27.2 Å². The maximum atomic E-state index is 12.2. The fourth-order valence-corrected chi connectivity index (χ4v) is 3.43. The van der Waals surface area contributed by atoms with E-state index < -0.39 is 12.1 Å². The minimum Gasteiger partial charge on any atom is -0.497 e. The molecule has 0 bridgehead atoms. The minimum absolute atomic E-state index is 0.0603. The zero-order valence-corrected chi connectivity index (χ0v) is 19.8. The van der Waals surface area contributed by atoms with Crippen molar-refractivity contribution in [3.05, 3.63) is 59.7 Å². The minimum atomic E-state index is -0.854. The lowest BCUT2D eigenvalue weighted by atomic mass is 10.0. The van der Waals surface area contributed by atoms with Crippen LogP contribution in [0.25, 0.3) is 0 Å². The van der Waals surface area contributed by atoms with Gasteiger partial charge in [-0.2, -0.15) is 0 Å².